The third-order valence-corrected chi connectivity index (χ3v) is 4.33. The van der Waals surface area contributed by atoms with Gasteiger partial charge < -0.3 is 14.8 Å². The number of benzene rings is 3. The van der Waals surface area contributed by atoms with Crippen molar-refractivity contribution in [2.75, 3.05) is 19.8 Å². The van der Waals surface area contributed by atoms with Crippen molar-refractivity contribution in [3.8, 4) is 16.9 Å². The summed E-state index contributed by atoms with van der Waals surface area (Å²) in [5.41, 5.74) is 3.04. The summed E-state index contributed by atoms with van der Waals surface area (Å²) in [7, 11) is 0. The van der Waals surface area contributed by atoms with Gasteiger partial charge in [0.05, 0.1) is 0 Å². The van der Waals surface area contributed by atoms with Crippen LogP contribution in [0.5, 0.6) is 5.75 Å². The monoisotopic (exact) mass is 407 g/mol. The molecule has 6 heteroatoms. The Hall–Kier alpha value is -3.67. The molecule has 0 saturated carbocycles. The second-order valence-corrected chi connectivity index (χ2v) is 6.57. The van der Waals surface area contributed by atoms with Crippen LogP contribution in [0.25, 0.3) is 11.1 Å². The average Bonchev–Trinajstić information content (AvgIpc) is 2.78. The Morgan fingerprint density at radius 2 is 1.47 bits per heavy atom. The molecule has 0 spiro atoms. The number of hydrogen-bond acceptors (Lipinski definition) is 4. The maximum Gasteiger partial charge on any atom is 0.344 e. The van der Waals surface area contributed by atoms with Crippen LogP contribution >= 0.6 is 0 Å². The molecule has 0 bridgehead atoms. The van der Waals surface area contributed by atoms with Crippen LogP contribution in [-0.2, 0) is 20.7 Å². The maximum absolute atomic E-state index is 12.8. The number of ether oxygens (including phenoxy) is 2. The summed E-state index contributed by atoms with van der Waals surface area (Å²) >= 11 is 0. The molecule has 1 amide bonds. The van der Waals surface area contributed by atoms with Crippen molar-refractivity contribution in [2.45, 2.75) is 6.42 Å². The van der Waals surface area contributed by atoms with E-state index in [1.165, 1.54) is 12.1 Å². The van der Waals surface area contributed by atoms with Crippen LogP contribution < -0.4 is 10.1 Å². The molecule has 0 heterocycles. The van der Waals surface area contributed by atoms with Crippen molar-refractivity contribution in [1.29, 1.82) is 0 Å². The smallest absolute Gasteiger partial charge is 0.344 e. The quantitative estimate of drug-likeness (QED) is 0.549. The number of hydrogen-bond donors (Lipinski definition) is 1. The Labute approximate surface area is 174 Å². The summed E-state index contributed by atoms with van der Waals surface area (Å²) in [6.45, 7) is -0.293. The summed E-state index contributed by atoms with van der Waals surface area (Å²) in [5.74, 6) is -0.798. The highest BCUT2D eigenvalue weighted by atomic mass is 19.1. The van der Waals surface area contributed by atoms with E-state index in [0.29, 0.717) is 18.7 Å². The Kier molecular flexibility index (Phi) is 7.55. The lowest BCUT2D eigenvalue weighted by Gasteiger charge is -2.09. The number of carbonyl (C=O) groups excluding carboxylic acids is 2. The molecule has 0 fully saturated rings. The molecule has 0 aliphatic carbocycles. The van der Waals surface area contributed by atoms with Crippen LogP contribution in [0, 0.1) is 5.82 Å². The summed E-state index contributed by atoms with van der Waals surface area (Å²) in [6, 6.07) is 23.3. The number of carbonyl (C=O) groups is 2. The molecular weight excluding hydrogens is 385 g/mol. The van der Waals surface area contributed by atoms with Crippen LogP contribution in [0.2, 0.25) is 0 Å². The summed E-state index contributed by atoms with van der Waals surface area (Å²) in [6.07, 6.45) is 0.558. The van der Waals surface area contributed by atoms with Crippen molar-refractivity contribution in [1.82, 2.24) is 5.32 Å². The number of amides is 1. The molecule has 30 heavy (non-hydrogen) atoms. The molecule has 0 aliphatic rings. The van der Waals surface area contributed by atoms with Gasteiger partial charge in [0.1, 0.15) is 11.6 Å². The molecule has 0 unspecified atom stereocenters. The molecule has 3 aromatic carbocycles. The minimum absolute atomic E-state index is 0.284. The van der Waals surface area contributed by atoms with E-state index in [0.717, 1.165) is 16.7 Å². The molecule has 0 atom stereocenters. The van der Waals surface area contributed by atoms with E-state index in [-0.39, 0.29) is 19.0 Å². The van der Waals surface area contributed by atoms with E-state index >= 15 is 0 Å². The Morgan fingerprint density at radius 1 is 0.800 bits per heavy atom. The number of rotatable bonds is 9. The highest BCUT2D eigenvalue weighted by Gasteiger charge is 2.08. The topological polar surface area (TPSA) is 64.6 Å². The van der Waals surface area contributed by atoms with Gasteiger partial charge in [0, 0.05) is 6.54 Å². The first-order valence-electron chi connectivity index (χ1n) is 9.55. The Bertz CT molecular complexity index is 957. The highest BCUT2D eigenvalue weighted by molar-refractivity contribution is 5.80. The second kappa shape index (κ2) is 10.8. The molecule has 0 radical (unpaired) electrons. The van der Waals surface area contributed by atoms with Crippen molar-refractivity contribution in [2.24, 2.45) is 0 Å². The predicted octanol–water partition coefficient (Wildman–Crippen LogP) is 3.77. The van der Waals surface area contributed by atoms with Gasteiger partial charge in [-0.05, 0) is 47.4 Å². The van der Waals surface area contributed by atoms with E-state index in [1.54, 1.807) is 24.3 Å². The first-order valence-corrected chi connectivity index (χ1v) is 9.55. The van der Waals surface area contributed by atoms with Gasteiger partial charge in [-0.3, -0.25) is 4.79 Å². The maximum atomic E-state index is 12.8. The third-order valence-electron chi connectivity index (χ3n) is 4.33. The molecular formula is C24H22FNO4. The highest BCUT2D eigenvalue weighted by Crippen LogP contribution is 2.21. The SMILES string of the molecule is O=C(COC(=O)COc1ccc(-c2ccccc2)cc1)NCCc1ccc(F)cc1. The lowest BCUT2D eigenvalue weighted by Crippen LogP contribution is -2.31. The third kappa shape index (κ3) is 6.74. The molecule has 3 aromatic rings. The molecule has 1 N–H and O–H groups in total. The molecule has 3 rings (SSSR count). The van der Waals surface area contributed by atoms with Gasteiger partial charge in [-0.1, -0.05) is 54.6 Å². The normalized spacial score (nSPS) is 10.3. The van der Waals surface area contributed by atoms with Gasteiger partial charge in [-0.15, -0.1) is 0 Å². The zero-order valence-corrected chi connectivity index (χ0v) is 16.3. The fraction of sp³-hybridized carbons (Fsp3) is 0.167. The molecule has 154 valence electrons. The summed E-state index contributed by atoms with van der Waals surface area (Å²) in [4.78, 5) is 23.5. The second-order valence-electron chi connectivity index (χ2n) is 6.57. The lowest BCUT2D eigenvalue weighted by atomic mass is 10.1. The largest absolute Gasteiger partial charge is 0.482 e. The standard InChI is InChI=1S/C24H22FNO4/c25-21-10-6-18(7-11-21)14-15-26-23(27)16-30-24(28)17-29-22-12-8-20(9-13-22)19-4-2-1-3-5-19/h1-13H,14-17H2,(H,26,27). The zero-order chi connectivity index (χ0) is 21.2. The number of esters is 1. The fourth-order valence-electron chi connectivity index (χ4n) is 2.75. The first-order chi connectivity index (χ1) is 14.6. The van der Waals surface area contributed by atoms with Crippen LogP contribution in [0.4, 0.5) is 4.39 Å². The van der Waals surface area contributed by atoms with E-state index in [9.17, 15) is 14.0 Å². The van der Waals surface area contributed by atoms with Crippen LogP contribution in [0.3, 0.4) is 0 Å². The van der Waals surface area contributed by atoms with E-state index in [4.69, 9.17) is 9.47 Å². The van der Waals surface area contributed by atoms with Gasteiger partial charge in [0.25, 0.3) is 5.91 Å². The van der Waals surface area contributed by atoms with Crippen LogP contribution in [-0.4, -0.2) is 31.6 Å². The predicted molar refractivity (Wildman–Crippen MR) is 111 cm³/mol. The van der Waals surface area contributed by atoms with Crippen molar-refractivity contribution < 1.29 is 23.5 Å². The van der Waals surface area contributed by atoms with Crippen molar-refractivity contribution in [3.63, 3.8) is 0 Å². The minimum Gasteiger partial charge on any atom is -0.482 e. The van der Waals surface area contributed by atoms with Crippen molar-refractivity contribution in [3.05, 3.63) is 90.2 Å². The average molecular weight is 407 g/mol. The Balaban J connectivity index is 1.33. The lowest BCUT2D eigenvalue weighted by molar-refractivity contribution is -0.150. The molecule has 0 aliphatic heterocycles. The Morgan fingerprint density at radius 3 is 2.17 bits per heavy atom. The zero-order valence-electron chi connectivity index (χ0n) is 16.3. The van der Waals surface area contributed by atoms with E-state index in [1.807, 2.05) is 42.5 Å². The summed E-state index contributed by atoms with van der Waals surface area (Å²) < 4.78 is 23.2. The first kappa shape index (κ1) is 21.0. The van der Waals surface area contributed by atoms with E-state index in [2.05, 4.69) is 5.32 Å². The van der Waals surface area contributed by atoms with Crippen LogP contribution in [0.15, 0.2) is 78.9 Å². The minimum atomic E-state index is -0.629. The van der Waals surface area contributed by atoms with Gasteiger partial charge in [0.2, 0.25) is 0 Å². The molecule has 0 saturated heterocycles. The van der Waals surface area contributed by atoms with Gasteiger partial charge >= 0.3 is 5.97 Å². The van der Waals surface area contributed by atoms with E-state index < -0.39 is 11.9 Å². The number of nitrogens with one attached hydrogen (secondary N) is 1. The van der Waals surface area contributed by atoms with Gasteiger partial charge in [-0.2, -0.15) is 0 Å². The van der Waals surface area contributed by atoms with Crippen LogP contribution in [0.1, 0.15) is 5.56 Å². The molecule has 5 nitrogen and oxygen atoms in total. The van der Waals surface area contributed by atoms with Gasteiger partial charge in [-0.25, -0.2) is 9.18 Å². The van der Waals surface area contributed by atoms with Gasteiger partial charge in [0.15, 0.2) is 13.2 Å². The number of halogens is 1. The van der Waals surface area contributed by atoms with Crippen molar-refractivity contribution >= 4 is 11.9 Å². The fourth-order valence-corrected chi connectivity index (χ4v) is 2.75. The molecule has 0 aromatic heterocycles. The summed E-state index contributed by atoms with van der Waals surface area (Å²) in [5, 5.41) is 2.65.